The average molecular weight is 297 g/mol. The van der Waals surface area contributed by atoms with Crippen LogP contribution in [-0.4, -0.2) is 61.9 Å². The SMILES string of the molecule is CC1CN(S(=O)(=O)c2ccccc2)CN1C(=O)N(C)C. The van der Waals surface area contributed by atoms with E-state index < -0.39 is 10.0 Å². The zero-order valence-electron chi connectivity index (χ0n) is 11.9. The van der Waals surface area contributed by atoms with Gasteiger partial charge in [-0.05, 0) is 19.1 Å². The maximum absolute atomic E-state index is 12.5. The van der Waals surface area contributed by atoms with Crippen molar-refractivity contribution in [3.63, 3.8) is 0 Å². The largest absolute Gasteiger partial charge is 0.331 e. The van der Waals surface area contributed by atoms with E-state index in [-0.39, 0.29) is 23.6 Å². The van der Waals surface area contributed by atoms with Gasteiger partial charge >= 0.3 is 6.03 Å². The Morgan fingerprint density at radius 1 is 1.25 bits per heavy atom. The lowest BCUT2D eigenvalue weighted by atomic mass is 10.3. The maximum atomic E-state index is 12.5. The van der Waals surface area contributed by atoms with Crippen LogP contribution in [0.4, 0.5) is 4.79 Å². The second-order valence-electron chi connectivity index (χ2n) is 5.09. The molecule has 7 heteroatoms. The van der Waals surface area contributed by atoms with Crippen LogP contribution in [0, 0.1) is 0 Å². The maximum Gasteiger partial charge on any atom is 0.320 e. The van der Waals surface area contributed by atoms with Crippen LogP contribution < -0.4 is 0 Å². The Kier molecular flexibility index (Phi) is 4.01. The van der Waals surface area contributed by atoms with Gasteiger partial charge < -0.3 is 9.80 Å². The summed E-state index contributed by atoms with van der Waals surface area (Å²) in [5.41, 5.74) is 0. The fraction of sp³-hybridized carbons (Fsp3) is 0.462. The summed E-state index contributed by atoms with van der Waals surface area (Å²) in [4.78, 5) is 15.3. The van der Waals surface area contributed by atoms with Crippen LogP contribution in [0.15, 0.2) is 35.2 Å². The van der Waals surface area contributed by atoms with Crippen molar-refractivity contribution >= 4 is 16.1 Å². The van der Waals surface area contributed by atoms with Crippen LogP contribution in [0.5, 0.6) is 0 Å². The molecule has 0 N–H and O–H groups in total. The summed E-state index contributed by atoms with van der Waals surface area (Å²) in [6.07, 6.45) is 0. The molecule has 1 atom stereocenters. The normalized spacial score (nSPS) is 20.1. The highest BCUT2D eigenvalue weighted by Crippen LogP contribution is 2.22. The van der Waals surface area contributed by atoms with Crippen molar-refractivity contribution in [2.45, 2.75) is 17.9 Å². The van der Waals surface area contributed by atoms with Crippen molar-refractivity contribution in [3.05, 3.63) is 30.3 Å². The molecule has 1 aromatic rings. The Morgan fingerprint density at radius 3 is 2.40 bits per heavy atom. The van der Waals surface area contributed by atoms with Crippen LogP contribution in [0.3, 0.4) is 0 Å². The number of hydrogen-bond donors (Lipinski definition) is 0. The lowest BCUT2D eigenvalue weighted by Gasteiger charge is -2.24. The Bertz CT molecular complexity index is 586. The van der Waals surface area contributed by atoms with Crippen molar-refractivity contribution in [1.29, 1.82) is 0 Å². The molecule has 6 nitrogen and oxygen atoms in total. The minimum Gasteiger partial charge on any atom is -0.331 e. The van der Waals surface area contributed by atoms with E-state index in [9.17, 15) is 13.2 Å². The van der Waals surface area contributed by atoms with Gasteiger partial charge in [0.15, 0.2) is 0 Å². The fourth-order valence-corrected chi connectivity index (χ4v) is 3.67. The highest BCUT2D eigenvalue weighted by Gasteiger charge is 2.38. The molecule has 1 unspecified atom stereocenters. The number of carbonyl (C=O) groups is 1. The van der Waals surface area contributed by atoms with Crippen molar-refractivity contribution in [2.75, 3.05) is 27.3 Å². The number of sulfonamides is 1. The smallest absolute Gasteiger partial charge is 0.320 e. The molecule has 0 aromatic heterocycles. The summed E-state index contributed by atoms with van der Waals surface area (Å²) in [6, 6.07) is 7.97. The zero-order chi connectivity index (χ0) is 14.9. The van der Waals surface area contributed by atoms with E-state index in [2.05, 4.69) is 0 Å². The van der Waals surface area contributed by atoms with Gasteiger partial charge in [0.2, 0.25) is 10.0 Å². The summed E-state index contributed by atoms with van der Waals surface area (Å²) >= 11 is 0. The molecule has 20 heavy (non-hydrogen) atoms. The molecule has 0 spiro atoms. The molecular weight excluding hydrogens is 278 g/mol. The molecule has 1 aliphatic rings. The third-order valence-corrected chi connectivity index (χ3v) is 5.13. The third-order valence-electron chi connectivity index (χ3n) is 3.32. The van der Waals surface area contributed by atoms with Crippen LogP contribution in [0.25, 0.3) is 0 Å². The Labute approximate surface area is 119 Å². The molecule has 0 saturated carbocycles. The third kappa shape index (κ3) is 2.64. The van der Waals surface area contributed by atoms with Gasteiger partial charge in [-0.3, -0.25) is 0 Å². The minimum atomic E-state index is -3.54. The number of benzene rings is 1. The lowest BCUT2D eigenvalue weighted by Crippen LogP contribution is -2.42. The van der Waals surface area contributed by atoms with E-state index in [1.54, 1.807) is 49.3 Å². The van der Waals surface area contributed by atoms with E-state index in [1.807, 2.05) is 6.92 Å². The standard InChI is InChI=1S/C13H19N3O3S/c1-11-9-15(10-16(11)13(17)14(2)3)20(18,19)12-7-5-4-6-8-12/h4-8,11H,9-10H2,1-3H3. The summed E-state index contributed by atoms with van der Waals surface area (Å²) in [5, 5.41) is 0. The number of amides is 2. The number of nitrogens with zero attached hydrogens (tertiary/aromatic N) is 3. The molecular formula is C13H19N3O3S. The van der Waals surface area contributed by atoms with E-state index in [0.717, 1.165) is 0 Å². The van der Waals surface area contributed by atoms with Crippen molar-refractivity contribution in [1.82, 2.24) is 14.1 Å². The Balaban J connectivity index is 2.22. The number of carbonyl (C=O) groups excluding carboxylic acids is 1. The van der Waals surface area contributed by atoms with Crippen LogP contribution in [0.2, 0.25) is 0 Å². The highest BCUT2D eigenvalue weighted by atomic mass is 32.2. The van der Waals surface area contributed by atoms with Crippen LogP contribution in [0.1, 0.15) is 6.92 Å². The molecule has 1 saturated heterocycles. The first-order chi connectivity index (χ1) is 9.34. The van der Waals surface area contributed by atoms with Crippen molar-refractivity contribution < 1.29 is 13.2 Å². The predicted octanol–water partition coefficient (Wildman–Crippen LogP) is 1.02. The van der Waals surface area contributed by atoms with Gasteiger partial charge in [0.1, 0.15) is 0 Å². The summed E-state index contributed by atoms with van der Waals surface area (Å²) in [6.45, 7) is 2.26. The second-order valence-corrected chi connectivity index (χ2v) is 7.03. The van der Waals surface area contributed by atoms with E-state index in [1.165, 1.54) is 9.21 Å². The molecule has 1 aromatic carbocycles. The first kappa shape index (κ1) is 14.8. The van der Waals surface area contributed by atoms with E-state index >= 15 is 0 Å². The quantitative estimate of drug-likeness (QED) is 0.819. The minimum absolute atomic E-state index is 0.0927. The number of rotatable bonds is 2. The van der Waals surface area contributed by atoms with Gasteiger partial charge in [-0.25, -0.2) is 13.2 Å². The molecule has 2 rings (SSSR count). The molecule has 2 amide bonds. The van der Waals surface area contributed by atoms with E-state index in [0.29, 0.717) is 6.54 Å². The average Bonchev–Trinajstić information content (AvgIpc) is 2.81. The molecule has 1 heterocycles. The van der Waals surface area contributed by atoms with Gasteiger partial charge in [0, 0.05) is 26.7 Å². The van der Waals surface area contributed by atoms with Crippen LogP contribution >= 0.6 is 0 Å². The lowest BCUT2D eigenvalue weighted by molar-refractivity contribution is 0.167. The number of urea groups is 1. The molecule has 110 valence electrons. The van der Waals surface area contributed by atoms with Gasteiger partial charge in [0.05, 0.1) is 11.6 Å². The zero-order valence-corrected chi connectivity index (χ0v) is 12.7. The second kappa shape index (κ2) is 5.41. The molecule has 0 aliphatic carbocycles. The van der Waals surface area contributed by atoms with Crippen LogP contribution in [-0.2, 0) is 10.0 Å². The Hall–Kier alpha value is -1.60. The van der Waals surface area contributed by atoms with Gasteiger partial charge in [-0.2, -0.15) is 4.31 Å². The summed E-state index contributed by atoms with van der Waals surface area (Å²) in [7, 11) is -0.231. The number of hydrogen-bond acceptors (Lipinski definition) is 3. The fourth-order valence-electron chi connectivity index (χ4n) is 2.18. The molecule has 1 aliphatic heterocycles. The molecule has 0 radical (unpaired) electrons. The van der Waals surface area contributed by atoms with Crippen molar-refractivity contribution in [3.8, 4) is 0 Å². The highest BCUT2D eigenvalue weighted by molar-refractivity contribution is 7.89. The van der Waals surface area contributed by atoms with Crippen molar-refractivity contribution in [2.24, 2.45) is 0 Å². The Morgan fingerprint density at radius 2 is 1.85 bits per heavy atom. The van der Waals surface area contributed by atoms with Gasteiger partial charge in [-0.15, -0.1) is 0 Å². The first-order valence-corrected chi connectivity index (χ1v) is 7.81. The molecule has 1 fully saturated rings. The van der Waals surface area contributed by atoms with Gasteiger partial charge in [-0.1, -0.05) is 18.2 Å². The predicted molar refractivity (Wildman–Crippen MR) is 75.6 cm³/mol. The van der Waals surface area contributed by atoms with Gasteiger partial charge in [0.25, 0.3) is 0 Å². The van der Waals surface area contributed by atoms with E-state index in [4.69, 9.17) is 0 Å². The topological polar surface area (TPSA) is 60.9 Å². The first-order valence-electron chi connectivity index (χ1n) is 6.37. The summed E-state index contributed by atoms with van der Waals surface area (Å²) < 4.78 is 26.3. The monoisotopic (exact) mass is 297 g/mol. The summed E-state index contributed by atoms with van der Waals surface area (Å²) in [5.74, 6) is 0. The molecule has 0 bridgehead atoms.